The van der Waals surface area contributed by atoms with Gasteiger partial charge in [0.05, 0.1) is 5.69 Å². The molecule has 1 aromatic rings. The first-order chi connectivity index (χ1) is 5.65. The lowest BCUT2D eigenvalue weighted by Gasteiger charge is -2.06. The zero-order valence-electron chi connectivity index (χ0n) is 7.12. The highest BCUT2D eigenvalue weighted by Crippen LogP contribution is 2.23. The van der Waals surface area contributed by atoms with E-state index >= 15 is 0 Å². The third kappa shape index (κ3) is 1.89. The fourth-order valence-electron chi connectivity index (χ4n) is 0.972. The zero-order chi connectivity index (χ0) is 9.14. The van der Waals surface area contributed by atoms with Gasteiger partial charge in [0.25, 0.3) is 0 Å². The number of benzene rings is 1. The number of hydrogen-bond acceptors (Lipinski definition) is 1. The minimum atomic E-state index is -0.251. The average Bonchev–Trinajstić information content (AvgIpc) is 2.01. The van der Waals surface area contributed by atoms with E-state index in [-0.39, 0.29) is 5.82 Å². The summed E-state index contributed by atoms with van der Waals surface area (Å²) in [6.07, 6.45) is 0. The molecule has 66 valence electrons. The topological polar surface area (TPSA) is 12.0 Å². The summed E-state index contributed by atoms with van der Waals surface area (Å²) in [4.78, 5) is 0. The molecule has 0 unspecified atom stereocenters. The highest BCUT2D eigenvalue weighted by atomic mass is 35.5. The molecule has 0 radical (unpaired) electrons. The summed E-state index contributed by atoms with van der Waals surface area (Å²) in [6.45, 7) is 4.38. The molecule has 0 spiro atoms. The summed E-state index contributed by atoms with van der Waals surface area (Å²) in [5.74, 6) is -0.251. The number of anilines is 1. The van der Waals surface area contributed by atoms with Crippen molar-refractivity contribution in [1.29, 1.82) is 0 Å². The van der Waals surface area contributed by atoms with Crippen LogP contribution >= 0.6 is 11.6 Å². The van der Waals surface area contributed by atoms with Crippen LogP contribution in [0.4, 0.5) is 10.1 Å². The Balaban J connectivity index is 3.05. The molecule has 0 saturated heterocycles. The summed E-state index contributed by atoms with van der Waals surface area (Å²) in [6, 6.07) is 3.04. The Morgan fingerprint density at radius 1 is 1.50 bits per heavy atom. The standard InChI is InChI=1S/C9H11ClFN/c1-3-12-9-5-7(10)6(2)4-8(9)11/h4-5,12H,3H2,1-2H3. The number of aryl methyl sites for hydroxylation is 1. The lowest BCUT2D eigenvalue weighted by Crippen LogP contribution is -1.99. The second kappa shape index (κ2) is 3.76. The first-order valence-electron chi connectivity index (χ1n) is 3.84. The normalized spacial score (nSPS) is 10.0. The van der Waals surface area contributed by atoms with Crippen LogP contribution in [0.3, 0.4) is 0 Å². The molecule has 0 saturated carbocycles. The van der Waals surface area contributed by atoms with E-state index in [2.05, 4.69) is 5.32 Å². The summed E-state index contributed by atoms with van der Waals surface area (Å²) >= 11 is 5.81. The van der Waals surface area contributed by atoms with Gasteiger partial charge in [-0.2, -0.15) is 0 Å². The molecule has 1 N–H and O–H groups in total. The fourth-order valence-corrected chi connectivity index (χ4v) is 1.14. The molecule has 0 aromatic heterocycles. The smallest absolute Gasteiger partial charge is 0.146 e. The van der Waals surface area contributed by atoms with Gasteiger partial charge in [-0.1, -0.05) is 11.6 Å². The second-order valence-electron chi connectivity index (χ2n) is 2.61. The minimum absolute atomic E-state index is 0.251. The van der Waals surface area contributed by atoms with Gasteiger partial charge in [0.15, 0.2) is 0 Å². The molecule has 0 amide bonds. The lowest BCUT2D eigenvalue weighted by atomic mass is 10.2. The van der Waals surface area contributed by atoms with Gasteiger partial charge >= 0.3 is 0 Å². The van der Waals surface area contributed by atoms with Crippen molar-refractivity contribution in [2.45, 2.75) is 13.8 Å². The van der Waals surface area contributed by atoms with E-state index < -0.39 is 0 Å². The van der Waals surface area contributed by atoms with Crippen LogP contribution in [0.15, 0.2) is 12.1 Å². The first-order valence-corrected chi connectivity index (χ1v) is 4.22. The Labute approximate surface area is 76.5 Å². The molecule has 1 aromatic carbocycles. The Morgan fingerprint density at radius 2 is 2.17 bits per heavy atom. The van der Waals surface area contributed by atoms with Crippen LogP contribution in [0.25, 0.3) is 0 Å². The van der Waals surface area contributed by atoms with Gasteiger partial charge in [-0.05, 0) is 31.5 Å². The molecule has 3 heteroatoms. The Kier molecular flexibility index (Phi) is 2.93. The van der Waals surface area contributed by atoms with Gasteiger partial charge in [-0.25, -0.2) is 4.39 Å². The molecule has 0 aliphatic carbocycles. The van der Waals surface area contributed by atoms with Crippen molar-refractivity contribution in [1.82, 2.24) is 0 Å². The molecule has 0 fully saturated rings. The first kappa shape index (κ1) is 9.33. The van der Waals surface area contributed by atoms with Crippen LogP contribution in [0, 0.1) is 12.7 Å². The molecular formula is C9H11ClFN. The van der Waals surface area contributed by atoms with E-state index in [9.17, 15) is 4.39 Å². The van der Waals surface area contributed by atoms with Gasteiger partial charge in [-0.15, -0.1) is 0 Å². The Bertz CT molecular complexity index is 286. The predicted octanol–water partition coefficient (Wildman–Crippen LogP) is 3.22. The molecule has 0 atom stereocenters. The van der Waals surface area contributed by atoms with Gasteiger partial charge in [0.1, 0.15) is 5.82 Å². The van der Waals surface area contributed by atoms with Crippen molar-refractivity contribution in [2.75, 3.05) is 11.9 Å². The lowest BCUT2D eigenvalue weighted by molar-refractivity contribution is 0.629. The maximum atomic E-state index is 13.1. The van der Waals surface area contributed by atoms with Crippen molar-refractivity contribution in [3.8, 4) is 0 Å². The van der Waals surface area contributed by atoms with Crippen LogP contribution in [0.1, 0.15) is 12.5 Å². The van der Waals surface area contributed by atoms with E-state index in [0.717, 1.165) is 5.56 Å². The van der Waals surface area contributed by atoms with Crippen LogP contribution < -0.4 is 5.32 Å². The number of halogens is 2. The molecule has 0 heterocycles. The van der Waals surface area contributed by atoms with Crippen LogP contribution in [0.2, 0.25) is 5.02 Å². The van der Waals surface area contributed by atoms with Crippen LogP contribution in [-0.2, 0) is 0 Å². The van der Waals surface area contributed by atoms with Crippen molar-refractivity contribution >= 4 is 17.3 Å². The van der Waals surface area contributed by atoms with Gasteiger partial charge < -0.3 is 5.32 Å². The van der Waals surface area contributed by atoms with Gasteiger partial charge in [0, 0.05) is 11.6 Å². The van der Waals surface area contributed by atoms with Crippen molar-refractivity contribution in [2.24, 2.45) is 0 Å². The fraction of sp³-hybridized carbons (Fsp3) is 0.333. The molecule has 0 aliphatic heterocycles. The maximum Gasteiger partial charge on any atom is 0.146 e. The molecule has 12 heavy (non-hydrogen) atoms. The Hall–Kier alpha value is -0.760. The molecule has 1 nitrogen and oxygen atoms in total. The highest BCUT2D eigenvalue weighted by molar-refractivity contribution is 6.31. The SMILES string of the molecule is CCNc1cc(Cl)c(C)cc1F. The van der Waals surface area contributed by atoms with Crippen molar-refractivity contribution in [3.05, 3.63) is 28.5 Å². The maximum absolute atomic E-state index is 13.1. The molecular weight excluding hydrogens is 177 g/mol. The predicted molar refractivity (Wildman–Crippen MR) is 50.3 cm³/mol. The summed E-state index contributed by atoms with van der Waals surface area (Å²) in [5.41, 5.74) is 1.23. The highest BCUT2D eigenvalue weighted by Gasteiger charge is 2.03. The third-order valence-corrected chi connectivity index (χ3v) is 2.02. The third-order valence-electron chi connectivity index (χ3n) is 1.62. The van der Waals surface area contributed by atoms with Crippen molar-refractivity contribution < 1.29 is 4.39 Å². The van der Waals surface area contributed by atoms with E-state index in [0.29, 0.717) is 17.3 Å². The minimum Gasteiger partial charge on any atom is -0.383 e. The molecule has 1 rings (SSSR count). The summed E-state index contributed by atoms with van der Waals surface area (Å²) < 4.78 is 13.1. The van der Waals surface area contributed by atoms with E-state index in [1.54, 1.807) is 13.0 Å². The van der Waals surface area contributed by atoms with E-state index in [1.165, 1.54) is 6.07 Å². The zero-order valence-corrected chi connectivity index (χ0v) is 7.87. The molecule has 0 aliphatic rings. The van der Waals surface area contributed by atoms with Crippen LogP contribution in [-0.4, -0.2) is 6.54 Å². The average molecular weight is 188 g/mol. The van der Waals surface area contributed by atoms with Gasteiger partial charge in [0.2, 0.25) is 0 Å². The van der Waals surface area contributed by atoms with Crippen LogP contribution in [0.5, 0.6) is 0 Å². The van der Waals surface area contributed by atoms with Gasteiger partial charge in [-0.3, -0.25) is 0 Å². The quantitative estimate of drug-likeness (QED) is 0.750. The monoisotopic (exact) mass is 187 g/mol. The number of hydrogen-bond donors (Lipinski definition) is 1. The van der Waals surface area contributed by atoms with E-state index in [1.807, 2.05) is 6.92 Å². The Morgan fingerprint density at radius 3 is 2.75 bits per heavy atom. The van der Waals surface area contributed by atoms with Crippen molar-refractivity contribution in [3.63, 3.8) is 0 Å². The number of nitrogens with one attached hydrogen (secondary N) is 1. The summed E-state index contributed by atoms with van der Waals surface area (Å²) in [5, 5.41) is 3.47. The molecule has 0 bridgehead atoms. The largest absolute Gasteiger partial charge is 0.383 e. The second-order valence-corrected chi connectivity index (χ2v) is 3.02. The van der Waals surface area contributed by atoms with E-state index in [4.69, 9.17) is 11.6 Å². The number of rotatable bonds is 2. The summed E-state index contributed by atoms with van der Waals surface area (Å²) in [7, 11) is 0.